The average molecular weight is 423 g/mol. The molecule has 1 unspecified atom stereocenters. The van der Waals surface area contributed by atoms with E-state index in [2.05, 4.69) is 27.7 Å². The SMILES string of the molecule is O=C(NCC(c1cccs1)N1CCOCC1)c1cccc(OCc2ccccc2)c1. The molecular weight excluding hydrogens is 396 g/mol. The van der Waals surface area contributed by atoms with Gasteiger partial charge in [-0.05, 0) is 35.2 Å². The van der Waals surface area contributed by atoms with Crippen LogP contribution >= 0.6 is 11.3 Å². The summed E-state index contributed by atoms with van der Waals surface area (Å²) in [6.07, 6.45) is 0. The Morgan fingerprint density at radius 2 is 1.90 bits per heavy atom. The average Bonchev–Trinajstić information content (AvgIpc) is 3.34. The van der Waals surface area contributed by atoms with Crippen LogP contribution in [0, 0.1) is 0 Å². The molecule has 3 aromatic rings. The molecule has 5 nitrogen and oxygen atoms in total. The molecular formula is C24H26N2O3S. The molecule has 2 aromatic carbocycles. The van der Waals surface area contributed by atoms with Crippen LogP contribution in [0.4, 0.5) is 0 Å². The summed E-state index contributed by atoms with van der Waals surface area (Å²) < 4.78 is 11.4. The second-order valence-electron chi connectivity index (χ2n) is 7.19. The normalized spacial score (nSPS) is 15.5. The van der Waals surface area contributed by atoms with Crippen LogP contribution in [-0.4, -0.2) is 43.7 Å². The van der Waals surface area contributed by atoms with E-state index in [0.717, 1.165) is 31.9 Å². The molecule has 1 atom stereocenters. The minimum atomic E-state index is -0.0880. The smallest absolute Gasteiger partial charge is 0.251 e. The Kier molecular flexibility index (Phi) is 7.13. The maximum atomic E-state index is 12.8. The third kappa shape index (κ3) is 5.48. The summed E-state index contributed by atoms with van der Waals surface area (Å²) in [5.74, 6) is 0.601. The Hall–Kier alpha value is -2.67. The Bertz CT molecular complexity index is 925. The van der Waals surface area contributed by atoms with E-state index in [1.54, 1.807) is 17.4 Å². The molecule has 0 bridgehead atoms. The lowest BCUT2D eigenvalue weighted by Gasteiger charge is -2.34. The van der Waals surface area contributed by atoms with Crippen LogP contribution < -0.4 is 10.1 Å². The van der Waals surface area contributed by atoms with Crippen LogP contribution in [-0.2, 0) is 11.3 Å². The van der Waals surface area contributed by atoms with Crippen molar-refractivity contribution in [1.82, 2.24) is 10.2 Å². The molecule has 2 heterocycles. The van der Waals surface area contributed by atoms with Crippen molar-refractivity contribution in [2.45, 2.75) is 12.6 Å². The third-order valence-corrected chi connectivity index (χ3v) is 6.13. The fourth-order valence-electron chi connectivity index (χ4n) is 3.54. The van der Waals surface area contributed by atoms with Crippen molar-refractivity contribution >= 4 is 17.2 Å². The van der Waals surface area contributed by atoms with Crippen LogP contribution in [0.5, 0.6) is 5.75 Å². The lowest BCUT2D eigenvalue weighted by molar-refractivity contribution is 0.0169. The van der Waals surface area contributed by atoms with Gasteiger partial charge in [0.05, 0.1) is 19.3 Å². The van der Waals surface area contributed by atoms with Crippen LogP contribution in [0.15, 0.2) is 72.1 Å². The number of rotatable bonds is 8. The molecule has 0 spiro atoms. The molecule has 156 valence electrons. The maximum Gasteiger partial charge on any atom is 0.251 e. The van der Waals surface area contributed by atoms with Gasteiger partial charge in [0.2, 0.25) is 0 Å². The number of hydrogen-bond acceptors (Lipinski definition) is 5. The lowest BCUT2D eigenvalue weighted by Crippen LogP contribution is -2.43. The Morgan fingerprint density at radius 1 is 1.07 bits per heavy atom. The molecule has 30 heavy (non-hydrogen) atoms. The molecule has 1 aromatic heterocycles. The van der Waals surface area contributed by atoms with Crippen molar-refractivity contribution in [3.63, 3.8) is 0 Å². The fourth-order valence-corrected chi connectivity index (χ4v) is 4.40. The van der Waals surface area contributed by atoms with Crippen LogP contribution in [0.25, 0.3) is 0 Å². The van der Waals surface area contributed by atoms with Gasteiger partial charge in [-0.25, -0.2) is 0 Å². The molecule has 0 aliphatic carbocycles. The van der Waals surface area contributed by atoms with E-state index in [-0.39, 0.29) is 11.9 Å². The van der Waals surface area contributed by atoms with E-state index in [1.807, 2.05) is 48.5 Å². The largest absolute Gasteiger partial charge is 0.489 e. The first-order valence-electron chi connectivity index (χ1n) is 10.2. The Labute approximate surface area is 181 Å². The van der Waals surface area contributed by atoms with Gasteiger partial charge in [0.25, 0.3) is 5.91 Å². The third-order valence-electron chi connectivity index (χ3n) is 5.16. The monoisotopic (exact) mass is 422 g/mol. The zero-order valence-corrected chi connectivity index (χ0v) is 17.6. The predicted octanol–water partition coefficient (Wildman–Crippen LogP) is 4.13. The first-order chi connectivity index (χ1) is 14.8. The highest BCUT2D eigenvalue weighted by Crippen LogP contribution is 2.25. The number of morpholine rings is 1. The molecule has 1 saturated heterocycles. The first kappa shape index (κ1) is 20.6. The van der Waals surface area contributed by atoms with Crippen LogP contribution in [0.1, 0.15) is 26.8 Å². The standard InChI is InChI=1S/C24H26N2O3S/c27-24(20-8-4-9-21(16-20)29-18-19-6-2-1-3-7-19)25-17-22(23-10-5-15-30-23)26-11-13-28-14-12-26/h1-10,15-16,22H,11-14,17-18H2,(H,25,27). The molecule has 1 aliphatic heterocycles. The summed E-state index contributed by atoms with van der Waals surface area (Å²) in [7, 11) is 0. The molecule has 6 heteroatoms. The molecule has 1 N–H and O–H groups in total. The van der Waals surface area contributed by atoms with Gasteiger partial charge < -0.3 is 14.8 Å². The fraction of sp³-hybridized carbons (Fsp3) is 0.292. The molecule has 1 fully saturated rings. The number of benzene rings is 2. The van der Waals surface area contributed by atoms with Gasteiger partial charge in [0.1, 0.15) is 12.4 Å². The number of hydrogen-bond donors (Lipinski definition) is 1. The number of amides is 1. The van der Waals surface area contributed by atoms with Crippen molar-refractivity contribution in [3.8, 4) is 5.75 Å². The minimum absolute atomic E-state index is 0.0880. The van der Waals surface area contributed by atoms with E-state index in [4.69, 9.17) is 9.47 Å². The van der Waals surface area contributed by atoms with Gasteiger partial charge in [-0.2, -0.15) is 0 Å². The number of nitrogens with one attached hydrogen (secondary N) is 1. The predicted molar refractivity (Wildman–Crippen MR) is 119 cm³/mol. The van der Waals surface area contributed by atoms with E-state index in [9.17, 15) is 4.79 Å². The molecule has 4 rings (SSSR count). The van der Waals surface area contributed by atoms with Crippen LogP contribution in [0.2, 0.25) is 0 Å². The van der Waals surface area contributed by atoms with Crippen molar-refractivity contribution < 1.29 is 14.3 Å². The number of nitrogens with zero attached hydrogens (tertiary/aromatic N) is 1. The zero-order chi connectivity index (χ0) is 20.6. The maximum absolute atomic E-state index is 12.8. The number of thiophene rings is 1. The molecule has 1 amide bonds. The highest BCUT2D eigenvalue weighted by molar-refractivity contribution is 7.10. The number of carbonyl (C=O) groups excluding carboxylic acids is 1. The molecule has 0 saturated carbocycles. The molecule has 0 radical (unpaired) electrons. The highest BCUT2D eigenvalue weighted by atomic mass is 32.1. The van der Waals surface area contributed by atoms with Crippen LogP contribution in [0.3, 0.4) is 0 Å². The van der Waals surface area contributed by atoms with Gasteiger partial charge >= 0.3 is 0 Å². The van der Waals surface area contributed by atoms with E-state index in [0.29, 0.717) is 24.5 Å². The second kappa shape index (κ2) is 10.4. The summed E-state index contributed by atoms with van der Waals surface area (Å²) in [6, 6.07) is 21.7. The summed E-state index contributed by atoms with van der Waals surface area (Å²) in [4.78, 5) is 16.5. The summed E-state index contributed by atoms with van der Waals surface area (Å²) in [5, 5.41) is 5.20. The van der Waals surface area contributed by atoms with E-state index < -0.39 is 0 Å². The minimum Gasteiger partial charge on any atom is -0.489 e. The van der Waals surface area contributed by atoms with Gasteiger partial charge in [-0.3, -0.25) is 9.69 Å². The summed E-state index contributed by atoms with van der Waals surface area (Å²) in [6.45, 7) is 4.26. The molecule has 1 aliphatic rings. The van der Waals surface area contributed by atoms with Gasteiger partial charge in [-0.15, -0.1) is 11.3 Å². The Morgan fingerprint density at radius 3 is 2.67 bits per heavy atom. The number of ether oxygens (including phenoxy) is 2. The van der Waals surface area contributed by atoms with E-state index in [1.165, 1.54) is 4.88 Å². The van der Waals surface area contributed by atoms with Gasteiger partial charge in [0.15, 0.2) is 0 Å². The Balaban J connectivity index is 1.37. The number of carbonyl (C=O) groups is 1. The van der Waals surface area contributed by atoms with Gasteiger partial charge in [0, 0.05) is 30.1 Å². The van der Waals surface area contributed by atoms with Gasteiger partial charge in [-0.1, -0.05) is 42.5 Å². The zero-order valence-electron chi connectivity index (χ0n) is 16.8. The first-order valence-corrected chi connectivity index (χ1v) is 11.1. The lowest BCUT2D eigenvalue weighted by atomic mass is 10.1. The summed E-state index contributed by atoms with van der Waals surface area (Å²) in [5.41, 5.74) is 1.70. The van der Waals surface area contributed by atoms with Crippen molar-refractivity contribution in [3.05, 3.63) is 88.1 Å². The summed E-state index contributed by atoms with van der Waals surface area (Å²) >= 11 is 1.73. The second-order valence-corrected chi connectivity index (χ2v) is 8.17. The topological polar surface area (TPSA) is 50.8 Å². The van der Waals surface area contributed by atoms with Crippen molar-refractivity contribution in [1.29, 1.82) is 0 Å². The van der Waals surface area contributed by atoms with E-state index >= 15 is 0 Å². The van der Waals surface area contributed by atoms with Crippen molar-refractivity contribution in [2.75, 3.05) is 32.8 Å². The quantitative estimate of drug-likeness (QED) is 0.593. The van der Waals surface area contributed by atoms with Crippen molar-refractivity contribution in [2.24, 2.45) is 0 Å². The highest BCUT2D eigenvalue weighted by Gasteiger charge is 2.24.